The van der Waals surface area contributed by atoms with Crippen LogP contribution in [-0.2, 0) is 14.6 Å². The molecular weight excluding hydrogens is 262 g/mol. The van der Waals surface area contributed by atoms with Crippen LogP contribution in [0.25, 0.3) is 0 Å². The van der Waals surface area contributed by atoms with E-state index in [2.05, 4.69) is 9.18 Å². The third kappa shape index (κ3) is 8.88. The van der Waals surface area contributed by atoms with Crippen molar-refractivity contribution in [2.45, 2.75) is 6.10 Å². The van der Waals surface area contributed by atoms with E-state index in [1.807, 2.05) is 0 Å². The molecule has 1 aliphatic rings. The Morgan fingerprint density at radius 2 is 2.00 bits per heavy atom. The molecule has 0 bridgehead atoms. The second kappa shape index (κ2) is 7.81. The van der Waals surface area contributed by atoms with Gasteiger partial charge >= 0.3 is 10.4 Å². The maximum atomic E-state index is 10.0. The molecule has 0 spiro atoms. The zero-order chi connectivity index (χ0) is 12.6. The SMILES string of the molecule is O=S(=O)(O)OC1=NCCS1.OCC(O)CO. The van der Waals surface area contributed by atoms with E-state index in [4.69, 9.17) is 19.9 Å². The Hall–Kier alpha value is -0.390. The van der Waals surface area contributed by atoms with Crippen molar-refractivity contribution in [2.75, 3.05) is 25.5 Å². The van der Waals surface area contributed by atoms with Gasteiger partial charge in [0.2, 0.25) is 0 Å². The smallest absolute Gasteiger partial charge is 0.394 e. The first-order valence-corrected chi connectivity index (χ1v) is 6.48. The molecule has 16 heavy (non-hydrogen) atoms. The minimum atomic E-state index is -4.36. The maximum absolute atomic E-state index is 10.0. The molecule has 0 unspecified atom stereocenters. The molecule has 0 atom stereocenters. The summed E-state index contributed by atoms with van der Waals surface area (Å²) in [6.45, 7) is -0.192. The highest BCUT2D eigenvalue weighted by molar-refractivity contribution is 8.14. The fourth-order valence-corrected chi connectivity index (χ4v) is 1.74. The molecule has 0 aliphatic carbocycles. The second-order valence-electron chi connectivity index (χ2n) is 2.53. The van der Waals surface area contributed by atoms with Crippen molar-refractivity contribution in [3.05, 3.63) is 0 Å². The van der Waals surface area contributed by atoms with Gasteiger partial charge in [-0.25, -0.2) is 4.99 Å². The molecule has 10 heteroatoms. The van der Waals surface area contributed by atoms with Crippen LogP contribution in [-0.4, -0.2) is 65.1 Å². The lowest BCUT2D eigenvalue weighted by Gasteiger charge is -1.96. The van der Waals surface area contributed by atoms with Gasteiger partial charge in [0.1, 0.15) is 6.10 Å². The van der Waals surface area contributed by atoms with Crippen LogP contribution >= 0.6 is 11.8 Å². The summed E-state index contributed by atoms with van der Waals surface area (Å²) in [6.07, 6.45) is -0.954. The summed E-state index contributed by atoms with van der Waals surface area (Å²) in [4.78, 5) is 3.64. The Bertz CT molecular complexity index is 311. The molecule has 1 heterocycles. The van der Waals surface area contributed by atoms with Crippen LogP contribution in [0.2, 0.25) is 0 Å². The van der Waals surface area contributed by atoms with Crippen LogP contribution in [0.3, 0.4) is 0 Å². The van der Waals surface area contributed by atoms with Gasteiger partial charge in [-0.2, -0.15) is 8.42 Å². The van der Waals surface area contributed by atoms with Gasteiger partial charge < -0.3 is 19.5 Å². The fourth-order valence-electron chi connectivity index (χ4n) is 0.514. The molecular formula is C6H13NO7S2. The van der Waals surface area contributed by atoms with Crippen molar-refractivity contribution >= 4 is 27.4 Å². The Morgan fingerprint density at radius 3 is 2.25 bits per heavy atom. The van der Waals surface area contributed by atoms with Gasteiger partial charge in [0.15, 0.2) is 0 Å². The average Bonchev–Trinajstić information content (AvgIpc) is 2.67. The first kappa shape index (κ1) is 15.6. The van der Waals surface area contributed by atoms with Gasteiger partial charge in [0.05, 0.1) is 19.8 Å². The third-order valence-electron chi connectivity index (χ3n) is 1.16. The first-order chi connectivity index (χ1) is 7.39. The second-order valence-corrected chi connectivity index (χ2v) is 4.59. The predicted octanol–water partition coefficient (Wildman–Crippen LogP) is -1.76. The molecule has 1 aliphatic heterocycles. The molecule has 0 amide bonds. The number of aliphatic hydroxyl groups excluding tert-OH is 3. The molecule has 0 aromatic heterocycles. The average molecular weight is 275 g/mol. The van der Waals surface area contributed by atoms with Crippen molar-refractivity contribution < 1.29 is 32.5 Å². The van der Waals surface area contributed by atoms with E-state index >= 15 is 0 Å². The standard InChI is InChI=1S/C3H5NO4S2.C3H8O3/c5-10(6,7)8-3-4-1-2-9-3;4-1-3(6)2-5/h1-2H2,(H,5,6,7);3-6H,1-2H2. The Morgan fingerprint density at radius 1 is 1.44 bits per heavy atom. The monoisotopic (exact) mass is 275 g/mol. The molecule has 8 nitrogen and oxygen atoms in total. The summed E-state index contributed by atoms with van der Waals surface area (Å²) in [5, 5.41) is 24.0. The molecule has 0 saturated heterocycles. The molecule has 0 saturated carbocycles. The van der Waals surface area contributed by atoms with E-state index in [9.17, 15) is 8.42 Å². The highest BCUT2D eigenvalue weighted by atomic mass is 32.3. The number of aliphatic hydroxyl groups is 3. The van der Waals surface area contributed by atoms with Crippen molar-refractivity contribution in [2.24, 2.45) is 4.99 Å². The van der Waals surface area contributed by atoms with Crippen LogP contribution in [0.15, 0.2) is 4.99 Å². The van der Waals surface area contributed by atoms with Crippen LogP contribution in [0.5, 0.6) is 0 Å². The highest BCUT2D eigenvalue weighted by Crippen LogP contribution is 2.13. The molecule has 0 aromatic rings. The van der Waals surface area contributed by atoms with Gasteiger partial charge in [-0.3, -0.25) is 4.55 Å². The van der Waals surface area contributed by atoms with E-state index in [1.54, 1.807) is 0 Å². The number of rotatable bonds is 3. The largest absolute Gasteiger partial charge is 0.448 e. The lowest BCUT2D eigenvalue weighted by Crippen LogP contribution is -2.15. The Kier molecular flexibility index (Phi) is 7.62. The van der Waals surface area contributed by atoms with Crippen molar-refractivity contribution in [1.29, 1.82) is 0 Å². The number of hydrogen-bond acceptors (Lipinski definition) is 8. The third-order valence-corrected chi connectivity index (χ3v) is 2.48. The molecule has 96 valence electrons. The first-order valence-electron chi connectivity index (χ1n) is 4.13. The molecule has 1 rings (SSSR count). The van der Waals surface area contributed by atoms with E-state index in [0.717, 1.165) is 11.8 Å². The fraction of sp³-hybridized carbons (Fsp3) is 0.833. The van der Waals surface area contributed by atoms with Gasteiger partial charge in [-0.15, -0.1) is 0 Å². The zero-order valence-corrected chi connectivity index (χ0v) is 9.82. The normalized spacial score (nSPS) is 15.4. The van der Waals surface area contributed by atoms with Crippen molar-refractivity contribution in [1.82, 2.24) is 0 Å². The molecule has 0 radical (unpaired) electrons. The van der Waals surface area contributed by atoms with E-state index in [0.29, 0.717) is 12.3 Å². The van der Waals surface area contributed by atoms with Crippen LogP contribution < -0.4 is 0 Å². The molecule has 0 fully saturated rings. The Balaban J connectivity index is 0.000000325. The quantitative estimate of drug-likeness (QED) is 0.445. The summed E-state index contributed by atoms with van der Waals surface area (Å²) in [5.74, 6) is 0.699. The minimum absolute atomic E-state index is 0.0162. The van der Waals surface area contributed by atoms with Crippen LogP contribution in [0, 0.1) is 0 Å². The summed E-state index contributed by atoms with van der Waals surface area (Å²) >= 11 is 1.16. The number of hydrogen-bond donors (Lipinski definition) is 4. The summed E-state index contributed by atoms with van der Waals surface area (Å²) in [6, 6.07) is 0. The van der Waals surface area contributed by atoms with Crippen LogP contribution in [0.1, 0.15) is 0 Å². The minimum Gasteiger partial charge on any atom is -0.394 e. The lowest BCUT2D eigenvalue weighted by molar-refractivity contribution is 0.0450. The van der Waals surface area contributed by atoms with Crippen molar-refractivity contribution in [3.63, 3.8) is 0 Å². The van der Waals surface area contributed by atoms with E-state index in [-0.39, 0.29) is 18.4 Å². The van der Waals surface area contributed by atoms with Gasteiger partial charge in [0.25, 0.3) is 5.23 Å². The molecule has 4 N–H and O–H groups in total. The number of nitrogens with zero attached hydrogens (tertiary/aromatic N) is 1. The number of aliphatic imine (C=N–C) groups is 1. The summed E-state index contributed by atoms with van der Waals surface area (Å²) in [7, 11) is -4.36. The van der Waals surface area contributed by atoms with Gasteiger partial charge in [-0.05, 0) is 0 Å². The summed E-state index contributed by atoms with van der Waals surface area (Å²) in [5.41, 5.74) is 0. The van der Waals surface area contributed by atoms with Gasteiger partial charge in [0, 0.05) is 5.75 Å². The van der Waals surface area contributed by atoms with E-state index < -0.39 is 16.5 Å². The topological polar surface area (TPSA) is 137 Å². The summed E-state index contributed by atoms with van der Waals surface area (Å²) < 4.78 is 32.2. The predicted molar refractivity (Wildman–Crippen MR) is 57.6 cm³/mol. The van der Waals surface area contributed by atoms with Crippen molar-refractivity contribution in [3.8, 4) is 0 Å². The van der Waals surface area contributed by atoms with Crippen LogP contribution in [0.4, 0.5) is 0 Å². The molecule has 0 aromatic carbocycles. The number of thioether (sulfide) groups is 1. The van der Waals surface area contributed by atoms with Gasteiger partial charge in [-0.1, -0.05) is 11.8 Å². The maximum Gasteiger partial charge on any atom is 0.448 e. The highest BCUT2D eigenvalue weighted by Gasteiger charge is 2.14. The lowest BCUT2D eigenvalue weighted by atomic mass is 10.4. The Labute approximate surface area is 96.9 Å². The van der Waals surface area contributed by atoms with E-state index in [1.165, 1.54) is 0 Å². The zero-order valence-electron chi connectivity index (χ0n) is 8.18.